The Hall–Kier alpha value is -2.45. The molecule has 1 aromatic heterocycles. The first-order valence-electron chi connectivity index (χ1n) is 7.48. The summed E-state index contributed by atoms with van der Waals surface area (Å²) in [7, 11) is 0. The van der Waals surface area contributed by atoms with Crippen LogP contribution in [-0.4, -0.2) is 26.1 Å². The molecule has 1 fully saturated rings. The van der Waals surface area contributed by atoms with E-state index in [9.17, 15) is 14.9 Å². The highest BCUT2D eigenvalue weighted by Gasteiger charge is 2.33. The lowest BCUT2D eigenvalue weighted by Gasteiger charge is -2.18. The van der Waals surface area contributed by atoms with E-state index in [-0.39, 0.29) is 17.6 Å². The third kappa shape index (κ3) is 3.49. The van der Waals surface area contributed by atoms with E-state index >= 15 is 0 Å². The van der Waals surface area contributed by atoms with Crippen LogP contribution in [-0.2, 0) is 4.79 Å². The van der Waals surface area contributed by atoms with Crippen molar-refractivity contribution in [1.29, 1.82) is 0 Å². The normalized spacial score (nSPS) is 16.3. The summed E-state index contributed by atoms with van der Waals surface area (Å²) in [6.45, 7) is 3.81. The van der Waals surface area contributed by atoms with Gasteiger partial charge >= 0.3 is 0 Å². The second kappa shape index (κ2) is 6.81. The Morgan fingerprint density at radius 3 is 2.72 bits per heavy atom. The number of nitrogens with zero attached hydrogens (tertiary/aromatic N) is 2. The monoisotopic (exact) mass is 374 g/mol. The minimum absolute atomic E-state index is 0.00423. The predicted molar refractivity (Wildman–Crippen MR) is 101 cm³/mol. The van der Waals surface area contributed by atoms with Gasteiger partial charge in [-0.2, -0.15) is 0 Å². The van der Waals surface area contributed by atoms with Crippen LogP contribution in [0.4, 0.5) is 5.69 Å². The van der Waals surface area contributed by atoms with Crippen LogP contribution in [0.1, 0.15) is 19.6 Å². The molecule has 0 aliphatic carbocycles. The molecule has 2 aromatic rings. The van der Waals surface area contributed by atoms with Crippen LogP contribution in [0, 0.1) is 10.1 Å². The summed E-state index contributed by atoms with van der Waals surface area (Å²) >= 11 is 6.48. The van der Waals surface area contributed by atoms with E-state index < -0.39 is 4.92 Å². The number of rotatable bonds is 4. The molecule has 6 nitrogen and oxygen atoms in total. The molecule has 0 N–H and O–H groups in total. The van der Waals surface area contributed by atoms with Crippen LogP contribution >= 0.6 is 24.0 Å². The van der Waals surface area contributed by atoms with Gasteiger partial charge in [0.1, 0.15) is 15.8 Å². The largest absolute Gasteiger partial charge is 0.457 e. The van der Waals surface area contributed by atoms with Crippen molar-refractivity contribution in [3.05, 3.63) is 57.2 Å². The first kappa shape index (κ1) is 17.4. The van der Waals surface area contributed by atoms with Crippen molar-refractivity contribution in [2.75, 3.05) is 0 Å². The fourth-order valence-electron chi connectivity index (χ4n) is 2.41. The maximum absolute atomic E-state index is 12.4. The van der Waals surface area contributed by atoms with Crippen LogP contribution in [0.2, 0.25) is 0 Å². The molecule has 0 atom stereocenters. The van der Waals surface area contributed by atoms with Crippen LogP contribution in [0.3, 0.4) is 0 Å². The Kier molecular flexibility index (Phi) is 4.73. The number of hydrogen-bond acceptors (Lipinski definition) is 6. The third-order valence-corrected chi connectivity index (χ3v) is 4.91. The molecule has 1 aliphatic heterocycles. The summed E-state index contributed by atoms with van der Waals surface area (Å²) in [5.74, 6) is 0.846. The third-order valence-electron chi connectivity index (χ3n) is 3.58. The van der Waals surface area contributed by atoms with Crippen molar-refractivity contribution in [1.82, 2.24) is 4.90 Å². The van der Waals surface area contributed by atoms with Crippen molar-refractivity contribution in [3.63, 3.8) is 0 Å². The van der Waals surface area contributed by atoms with Crippen LogP contribution in [0.15, 0.2) is 45.7 Å². The number of hydrogen-bond donors (Lipinski definition) is 0. The fraction of sp³-hybridized carbons (Fsp3) is 0.176. The number of amides is 1. The first-order chi connectivity index (χ1) is 11.9. The summed E-state index contributed by atoms with van der Waals surface area (Å²) in [4.78, 5) is 24.9. The van der Waals surface area contributed by atoms with Crippen LogP contribution < -0.4 is 0 Å². The maximum Gasteiger partial charge on any atom is 0.270 e. The molecule has 0 bridgehead atoms. The second-order valence-electron chi connectivity index (χ2n) is 5.65. The van der Waals surface area contributed by atoms with E-state index in [4.69, 9.17) is 16.6 Å². The van der Waals surface area contributed by atoms with E-state index in [0.717, 1.165) is 0 Å². The van der Waals surface area contributed by atoms with E-state index in [1.165, 1.54) is 23.9 Å². The number of non-ortho nitro benzene ring substituents is 1. The van der Waals surface area contributed by atoms with Gasteiger partial charge in [0.15, 0.2) is 0 Å². The van der Waals surface area contributed by atoms with Gasteiger partial charge in [0.05, 0.1) is 9.83 Å². The molecule has 1 aliphatic rings. The Balaban J connectivity index is 1.88. The molecule has 2 heterocycles. The lowest BCUT2D eigenvalue weighted by Crippen LogP contribution is -2.34. The van der Waals surface area contributed by atoms with Gasteiger partial charge in [0.25, 0.3) is 11.6 Å². The van der Waals surface area contributed by atoms with E-state index in [2.05, 4.69) is 0 Å². The molecule has 1 amide bonds. The maximum atomic E-state index is 12.4. The van der Waals surface area contributed by atoms with Gasteiger partial charge in [-0.15, -0.1) is 0 Å². The first-order valence-corrected chi connectivity index (χ1v) is 8.71. The van der Waals surface area contributed by atoms with Crippen LogP contribution in [0.5, 0.6) is 0 Å². The van der Waals surface area contributed by atoms with Crippen molar-refractivity contribution < 1.29 is 14.1 Å². The summed E-state index contributed by atoms with van der Waals surface area (Å²) in [6.07, 6.45) is 1.64. The van der Waals surface area contributed by atoms with E-state index in [1.54, 1.807) is 35.2 Å². The van der Waals surface area contributed by atoms with Crippen LogP contribution in [0.25, 0.3) is 17.4 Å². The summed E-state index contributed by atoms with van der Waals surface area (Å²) in [5.41, 5.74) is 0.594. The fourth-order valence-corrected chi connectivity index (χ4v) is 3.92. The zero-order valence-corrected chi connectivity index (χ0v) is 15.1. The molecule has 3 rings (SSSR count). The van der Waals surface area contributed by atoms with Gasteiger partial charge in [0, 0.05) is 29.8 Å². The highest BCUT2D eigenvalue weighted by atomic mass is 32.2. The molecule has 0 spiro atoms. The van der Waals surface area contributed by atoms with Gasteiger partial charge in [-0.3, -0.25) is 19.8 Å². The second-order valence-corrected chi connectivity index (χ2v) is 7.33. The number of carbonyl (C=O) groups excluding carboxylic acids is 1. The van der Waals surface area contributed by atoms with Gasteiger partial charge in [-0.05, 0) is 26.0 Å². The van der Waals surface area contributed by atoms with Crippen molar-refractivity contribution >= 4 is 46.0 Å². The zero-order chi connectivity index (χ0) is 18.1. The Labute approximate surface area is 153 Å². The Bertz CT molecular complexity index is 902. The Morgan fingerprint density at radius 2 is 2.08 bits per heavy atom. The number of carbonyl (C=O) groups is 1. The molecule has 25 heavy (non-hydrogen) atoms. The van der Waals surface area contributed by atoms with Crippen molar-refractivity contribution in [2.45, 2.75) is 19.9 Å². The molecule has 0 radical (unpaired) electrons. The molecule has 1 aromatic carbocycles. The average molecular weight is 374 g/mol. The summed E-state index contributed by atoms with van der Waals surface area (Å²) in [6, 6.07) is 9.63. The number of nitro benzene ring substituents is 1. The van der Waals surface area contributed by atoms with Crippen molar-refractivity contribution in [2.24, 2.45) is 0 Å². The Morgan fingerprint density at radius 1 is 1.32 bits per heavy atom. The zero-order valence-electron chi connectivity index (χ0n) is 13.5. The van der Waals surface area contributed by atoms with E-state index in [0.29, 0.717) is 26.3 Å². The van der Waals surface area contributed by atoms with E-state index in [1.807, 2.05) is 13.8 Å². The summed E-state index contributed by atoms with van der Waals surface area (Å²) in [5, 5.41) is 10.9. The highest BCUT2D eigenvalue weighted by Crippen LogP contribution is 2.35. The van der Waals surface area contributed by atoms with Gasteiger partial charge in [-0.1, -0.05) is 36.1 Å². The lowest BCUT2D eigenvalue weighted by molar-refractivity contribution is -0.384. The molecule has 1 saturated heterocycles. The number of thioether (sulfide) groups is 1. The lowest BCUT2D eigenvalue weighted by atomic mass is 10.1. The van der Waals surface area contributed by atoms with Crippen molar-refractivity contribution in [3.8, 4) is 11.3 Å². The number of nitro groups is 1. The molecule has 0 saturated carbocycles. The SMILES string of the molecule is CC(C)N1C(=O)C(=Cc2ccc(-c3cccc([N+](=O)[O-])c3)o2)SC1=S. The molecular weight excluding hydrogens is 360 g/mol. The molecule has 128 valence electrons. The number of furan rings is 1. The average Bonchev–Trinajstić information content (AvgIpc) is 3.13. The van der Waals surface area contributed by atoms with Gasteiger partial charge in [0.2, 0.25) is 0 Å². The predicted octanol–water partition coefficient (Wildman–Crippen LogP) is 4.46. The van der Waals surface area contributed by atoms with Gasteiger partial charge in [-0.25, -0.2) is 0 Å². The smallest absolute Gasteiger partial charge is 0.270 e. The standard InChI is InChI=1S/C17H14N2O4S2/c1-10(2)18-16(20)15(25-17(18)24)9-13-6-7-14(23-13)11-4-3-5-12(8-11)19(21)22/h3-10H,1-2H3. The number of thiocarbonyl (C=S) groups is 1. The molecule has 0 unspecified atom stereocenters. The quantitative estimate of drug-likeness (QED) is 0.340. The minimum atomic E-state index is -0.454. The minimum Gasteiger partial charge on any atom is -0.457 e. The van der Waals surface area contributed by atoms with Gasteiger partial charge < -0.3 is 4.42 Å². The summed E-state index contributed by atoms with van der Waals surface area (Å²) < 4.78 is 6.24. The highest BCUT2D eigenvalue weighted by molar-refractivity contribution is 8.26. The number of benzene rings is 1. The topological polar surface area (TPSA) is 76.6 Å². The molecular formula is C17H14N2O4S2. The molecule has 8 heteroatoms.